The number of methoxy groups -OCH3 is 2. The van der Waals surface area contributed by atoms with Gasteiger partial charge in [0.15, 0.2) is 0 Å². The molecule has 0 atom stereocenters. The summed E-state index contributed by atoms with van der Waals surface area (Å²) in [5.41, 5.74) is 0. The van der Waals surface area contributed by atoms with Crippen molar-refractivity contribution < 1.29 is 17.9 Å². The number of aromatic nitrogens is 3. The largest absolute Gasteiger partial charge is 0.467 e. The number of hydrogen-bond donors (Lipinski definition) is 2. The zero-order chi connectivity index (χ0) is 13.6. The smallest absolute Gasteiger partial charge is 0.324 e. The highest BCUT2D eigenvalue weighted by molar-refractivity contribution is 7.88. The Morgan fingerprint density at radius 3 is 2.06 bits per heavy atom. The van der Waals surface area contributed by atoms with Crippen LogP contribution in [0.5, 0.6) is 12.0 Å². The molecule has 0 aliphatic carbocycles. The van der Waals surface area contributed by atoms with Crippen LogP contribution >= 0.6 is 0 Å². The highest BCUT2D eigenvalue weighted by Crippen LogP contribution is 2.11. The lowest BCUT2D eigenvalue weighted by Gasteiger charge is -2.07. The third-order valence-corrected chi connectivity index (χ3v) is 2.46. The Bertz CT molecular complexity index is 470. The van der Waals surface area contributed by atoms with Crippen molar-refractivity contribution in [1.29, 1.82) is 0 Å². The summed E-state index contributed by atoms with van der Waals surface area (Å²) in [6, 6.07) is 0.223. The summed E-state index contributed by atoms with van der Waals surface area (Å²) in [7, 11) is -0.356. The fraction of sp³-hybridized carbons (Fsp3) is 0.625. The van der Waals surface area contributed by atoms with Crippen LogP contribution in [0.2, 0.25) is 0 Å². The Kier molecular flexibility index (Phi) is 5.04. The molecule has 1 aromatic rings. The highest BCUT2D eigenvalue weighted by Gasteiger charge is 2.06. The molecule has 0 unspecified atom stereocenters. The molecule has 0 saturated carbocycles. The summed E-state index contributed by atoms with van der Waals surface area (Å²) in [5, 5.41) is 2.82. The Labute approximate surface area is 105 Å². The molecular formula is C8H15N5O4S. The maximum absolute atomic E-state index is 10.8. The Morgan fingerprint density at radius 2 is 1.61 bits per heavy atom. The molecule has 18 heavy (non-hydrogen) atoms. The summed E-state index contributed by atoms with van der Waals surface area (Å²) >= 11 is 0. The summed E-state index contributed by atoms with van der Waals surface area (Å²) in [5.74, 6) is 0.244. The van der Waals surface area contributed by atoms with Crippen LogP contribution in [-0.2, 0) is 10.0 Å². The summed E-state index contributed by atoms with van der Waals surface area (Å²) in [6.45, 7) is 0.540. The standard InChI is InChI=1S/C8H15N5O4S/c1-16-7-11-6(12-8(13-7)17-2)9-4-5-10-18(3,14)15/h10H,4-5H2,1-3H3,(H,9,11,12,13). The van der Waals surface area contributed by atoms with Crippen LogP contribution in [0.4, 0.5) is 5.95 Å². The molecule has 10 heteroatoms. The first kappa shape index (κ1) is 14.4. The quantitative estimate of drug-likeness (QED) is 0.600. The van der Waals surface area contributed by atoms with Crippen LogP contribution in [0.15, 0.2) is 0 Å². The van der Waals surface area contributed by atoms with E-state index in [1.165, 1.54) is 14.2 Å². The van der Waals surface area contributed by atoms with Crippen molar-refractivity contribution in [2.75, 3.05) is 38.9 Å². The van der Waals surface area contributed by atoms with Gasteiger partial charge in [0, 0.05) is 13.1 Å². The number of ether oxygens (including phenoxy) is 2. The van der Waals surface area contributed by atoms with Gasteiger partial charge < -0.3 is 14.8 Å². The average Bonchev–Trinajstić information content (AvgIpc) is 2.33. The molecule has 0 aromatic carbocycles. The first-order chi connectivity index (χ1) is 8.44. The summed E-state index contributed by atoms with van der Waals surface area (Å²) in [4.78, 5) is 11.7. The monoisotopic (exact) mass is 277 g/mol. The Morgan fingerprint density at radius 1 is 1.06 bits per heavy atom. The molecule has 1 aromatic heterocycles. The van der Waals surface area contributed by atoms with E-state index < -0.39 is 10.0 Å². The Balaban J connectivity index is 2.56. The molecular weight excluding hydrogens is 262 g/mol. The first-order valence-corrected chi connectivity index (χ1v) is 6.86. The minimum Gasteiger partial charge on any atom is -0.467 e. The average molecular weight is 277 g/mol. The normalized spacial score (nSPS) is 11.1. The van der Waals surface area contributed by atoms with Crippen molar-refractivity contribution in [2.24, 2.45) is 0 Å². The van der Waals surface area contributed by atoms with Gasteiger partial charge >= 0.3 is 12.0 Å². The minimum atomic E-state index is -3.20. The third-order valence-electron chi connectivity index (χ3n) is 1.73. The van der Waals surface area contributed by atoms with Gasteiger partial charge in [0.05, 0.1) is 20.5 Å². The molecule has 0 aliphatic rings. The highest BCUT2D eigenvalue weighted by atomic mass is 32.2. The molecule has 102 valence electrons. The fourth-order valence-electron chi connectivity index (χ4n) is 1.01. The molecule has 0 radical (unpaired) electrons. The van der Waals surface area contributed by atoms with Gasteiger partial charge in [-0.05, 0) is 0 Å². The van der Waals surface area contributed by atoms with E-state index >= 15 is 0 Å². The number of nitrogens with one attached hydrogen (secondary N) is 2. The minimum absolute atomic E-state index is 0.112. The van der Waals surface area contributed by atoms with Gasteiger partial charge in [-0.1, -0.05) is 0 Å². The molecule has 0 saturated heterocycles. The lowest BCUT2D eigenvalue weighted by Crippen LogP contribution is -2.28. The summed E-state index contributed by atoms with van der Waals surface area (Å²) < 4.78 is 33.7. The van der Waals surface area contributed by atoms with Gasteiger partial charge in [-0.2, -0.15) is 9.97 Å². The second kappa shape index (κ2) is 6.31. The zero-order valence-electron chi connectivity index (χ0n) is 10.3. The van der Waals surface area contributed by atoms with Crippen molar-refractivity contribution in [3.05, 3.63) is 0 Å². The van der Waals surface area contributed by atoms with E-state index in [1.54, 1.807) is 0 Å². The number of sulfonamides is 1. The lowest BCUT2D eigenvalue weighted by molar-refractivity contribution is 0.341. The predicted molar refractivity (Wildman–Crippen MR) is 64.3 cm³/mol. The second-order valence-corrected chi connectivity index (χ2v) is 5.06. The fourth-order valence-corrected chi connectivity index (χ4v) is 1.48. The summed E-state index contributed by atoms with van der Waals surface area (Å²) in [6.07, 6.45) is 1.09. The Hall–Kier alpha value is -1.68. The van der Waals surface area contributed by atoms with E-state index in [0.717, 1.165) is 6.26 Å². The SMILES string of the molecule is COc1nc(NCCNS(C)(=O)=O)nc(OC)n1. The van der Waals surface area contributed by atoms with E-state index in [0.29, 0.717) is 6.54 Å². The molecule has 9 nitrogen and oxygen atoms in total. The zero-order valence-corrected chi connectivity index (χ0v) is 11.1. The number of anilines is 1. The van der Waals surface area contributed by atoms with Gasteiger partial charge in [0.25, 0.3) is 0 Å². The number of rotatable bonds is 7. The van der Waals surface area contributed by atoms with Crippen molar-refractivity contribution >= 4 is 16.0 Å². The molecule has 0 aliphatic heterocycles. The second-order valence-electron chi connectivity index (χ2n) is 3.23. The van der Waals surface area contributed by atoms with Crippen LogP contribution in [0.25, 0.3) is 0 Å². The van der Waals surface area contributed by atoms with Crippen molar-refractivity contribution in [2.45, 2.75) is 0 Å². The first-order valence-electron chi connectivity index (χ1n) is 4.97. The van der Waals surface area contributed by atoms with E-state index in [2.05, 4.69) is 25.0 Å². The van der Waals surface area contributed by atoms with Crippen LogP contribution in [-0.4, -0.2) is 56.9 Å². The molecule has 1 heterocycles. The van der Waals surface area contributed by atoms with Gasteiger partial charge in [0.2, 0.25) is 16.0 Å². The topological polar surface area (TPSA) is 115 Å². The van der Waals surface area contributed by atoms with Crippen LogP contribution < -0.4 is 19.5 Å². The molecule has 0 fully saturated rings. The third kappa shape index (κ3) is 5.10. The van der Waals surface area contributed by atoms with E-state index in [4.69, 9.17) is 9.47 Å². The molecule has 0 spiro atoms. The molecule has 2 N–H and O–H groups in total. The van der Waals surface area contributed by atoms with Crippen LogP contribution in [0.3, 0.4) is 0 Å². The number of nitrogens with zero attached hydrogens (tertiary/aromatic N) is 3. The maximum atomic E-state index is 10.8. The number of hydrogen-bond acceptors (Lipinski definition) is 8. The predicted octanol–water partition coefficient (Wildman–Crippen LogP) is -1.15. The maximum Gasteiger partial charge on any atom is 0.324 e. The van der Waals surface area contributed by atoms with E-state index in [1.807, 2.05) is 0 Å². The van der Waals surface area contributed by atoms with Gasteiger partial charge in [-0.15, -0.1) is 4.98 Å². The van der Waals surface area contributed by atoms with Crippen LogP contribution in [0, 0.1) is 0 Å². The van der Waals surface area contributed by atoms with Crippen molar-refractivity contribution in [3.63, 3.8) is 0 Å². The van der Waals surface area contributed by atoms with Crippen molar-refractivity contribution in [1.82, 2.24) is 19.7 Å². The van der Waals surface area contributed by atoms with E-state index in [-0.39, 0.29) is 24.5 Å². The molecule has 0 amide bonds. The van der Waals surface area contributed by atoms with Gasteiger partial charge in [-0.25, -0.2) is 13.1 Å². The van der Waals surface area contributed by atoms with Crippen LogP contribution in [0.1, 0.15) is 0 Å². The van der Waals surface area contributed by atoms with E-state index in [9.17, 15) is 8.42 Å². The molecule has 0 bridgehead atoms. The van der Waals surface area contributed by atoms with Crippen molar-refractivity contribution in [3.8, 4) is 12.0 Å². The van der Waals surface area contributed by atoms with Gasteiger partial charge in [0.1, 0.15) is 0 Å². The molecule has 1 rings (SSSR count). The van der Waals surface area contributed by atoms with Gasteiger partial charge in [-0.3, -0.25) is 0 Å². The lowest BCUT2D eigenvalue weighted by atomic mass is 10.6.